The van der Waals surface area contributed by atoms with Crippen molar-refractivity contribution in [2.24, 2.45) is 5.10 Å². The second-order valence-corrected chi connectivity index (χ2v) is 5.03. The van der Waals surface area contributed by atoms with Crippen LogP contribution in [0.1, 0.15) is 20.3 Å². The Morgan fingerprint density at radius 2 is 1.94 bits per heavy atom. The van der Waals surface area contributed by atoms with E-state index in [1.165, 1.54) is 24.3 Å². The third-order valence-corrected chi connectivity index (χ3v) is 3.28. The van der Waals surface area contributed by atoms with Crippen molar-refractivity contribution in [3.63, 3.8) is 0 Å². The molecule has 6 heteroatoms. The second-order valence-electron chi connectivity index (χ2n) is 3.36. The number of hydrazone groups is 1. The van der Waals surface area contributed by atoms with Crippen molar-refractivity contribution in [1.82, 2.24) is 4.83 Å². The molecule has 0 radical (unpaired) electrons. The highest BCUT2D eigenvalue weighted by Crippen LogP contribution is 2.11. The van der Waals surface area contributed by atoms with E-state index >= 15 is 0 Å². The molecule has 0 aliphatic rings. The lowest BCUT2D eigenvalue weighted by Crippen LogP contribution is -2.19. The van der Waals surface area contributed by atoms with Crippen LogP contribution in [-0.4, -0.2) is 14.1 Å². The Hall–Kier alpha value is -1.56. The topological polar surface area (TPSA) is 84.5 Å². The van der Waals surface area contributed by atoms with Crippen molar-refractivity contribution in [2.75, 3.05) is 5.73 Å². The number of benzene rings is 1. The quantitative estimate of drug-likeness (QED) is 0.474. The molecule has 1 aromatic carbocycles. The van der Waals surface area contributed by atoms with Crippen LogP contribution in [0.2, 0.25) is 0 Å². The molecular formula is C10H15N3O2S. The Morgan fingerprint density at radius 1 is 1.38 bits per heavy atom. The Bertz CT molecular complexity index is 477. The van der Waals surface area contributed by atoms with Gasteiger partial charge in [-0.05, 0) is 37.6 Å². The predicted octanol–water partition coefficient (Wildman–Crippen LogP) is 1.33. The Balaban J connectivity index is 2.91. The van der Waals surface area contributed by atoms with E-state index in [2.05, 4.69) is 9.93 Å². The summed E-state index contributed by atoms with van der Waals surface area (Å²) in [7, 11) is -3.58. The highest BCUT2D eigenvalue weighted by molar-refractivity contribution is 7.89. The number of nitrogens with zero attached hydrogens (tertiary/aromatic N) is 1. The summed E-state index contributed by atoms with van der Waals surface area (Å²) in [4.78, 5) is 2.31. The summed E-state index contributed by atoms with van der Waals surface area (Å²) in [5.74, 6) is 0. The molecule has 0 unspecified atom stereocenters. The lowest BCUT2D eigenvalue weighted by atomic mass is 10.3. The second kappa shape index (κ2) is 4.98. The molecule has 0 aliphatic heterocycles. The lowest BCUT2D eigenvalue weighted by molar-refractivity contribution is 0.584. The van der Waals surface area contributed by atoms with Gasteiger partial charge in [-0.2, -0.15) is 13.5 Å². The third kappa shape index (κ3) is 3.23. The first-order chi connectivity index (χ1) is 7.45. The molecule has 3 N–H and O–H groups in total. The fourth-order valence-corrected chi connectivity index (χ4v) is 1.79. The van der Waals surface area contributed by atoms with Crippen molar-refractivity contribution >= 4 is 21.4 Å². The average Bonchev–Trinajstić information content (AvgIpc) is 2.26. The van der Waals surface area contributed by atoms with Crippen LogP contribution in [0, 0.1) is 0 Å². The predicted molar refractivity (Wildman–Crippen MR) is 64.6 cm³/mol. The fraction of sp³-hybridized carbons (Fsp3) is 0.300. The van der Waals surface area contributed by atoms with Crippen molar-refractivity contribution in [1.29, 1.82) is 0 Å². The molecule has 0 aliphatic carbocycles. The van der Waals surface area contributed by atoms with Gasteiger partial charge >= 0.3 is 0 Å². The van der Waals surface area contributed by atoms with Gasteiger partial charge in [-0.1, -0.05) is 6.92 Å². The van der Waals surface area contributed by atoms with Gasteiger partial charge < -0.3 is 5.73 Å². The fourth-order valence-electron chi connectivity index (χ4n) is 0.917. The first-order valence-corrected chi connectivity index (χ1v) is 6.34. The van der Waals surface area contributed by atoms with E-state index in [1.807, 2.05) is 6.92 Å². The van der Waals surface area contributed by atoms with Gasteiger partial charge in [-0.25, -0.2) is 4.83 Å². The monoisotopic (exact) mass is 241 g/mol. The molecular weight excluding hydrogens is 226 g/mol. The van der Waals surface area contributed by atoms with Gasteiger partial charge in [0.25, 0.3) is 10.0 Å². The van der Waals surface area contributed by atoms with Crippen LogP contribution in [0.15, 0.2) is 34.3 Å². The highest BCUT2D eigenvalue weighted by atomic mass is 32.2. The van der Waals surface area contributed by atoms with Gasteiger partial charge in [0, 0.05) is 11.4 Å². The van der Waals surface area contributed by atoms with Gasteiger partial charge in [0.1, 0.15) is 0 Å². The van der Waals surface area contributed by atoms with Crippen LogP contribution in [0.4, 0.5) is 5.69 Å². The minimum absolute atomic E-state index is 0.148. The molecule has 0 heterocycles. The summed E-state index contributed by atoms with van der Waals surface area (Å²) in [6.07, 6.45) is 0.699. The maximum atomic E-state index is 11.7. The van der Waals surface area contributed by atoms with E-state index in [1.54, 1.807) is 6.92 Å². The summed E-state index contributed by atoms with van der Waals surface area (Å²) >= 11 is 0. The first-order valence-electron chi connectivity index (χ1n) is 4.86. The third-order valence-electron chi connectivity index (χ3n) is 2.06. The molecule has 0 bridgehead atoms. The van der Waals surface area contributed by atoms with E-state index in [-0.39, 0.29) is 4.90 Å². The Morgan fingerprint density at radius 3 is 2.44 bits per heavy atom. The standard InChI is InChI=1S/C10H15N3O2S/c1-3-8(2)12-13-16(14,15)10-6-4-9(11)5-7-10/h4-7,13H,3,11H2,1-2H3/b12-8+. The molecule has 0 amide bonds. The summed E-state index contributed by atoms with van der Waals surface area (Å²) in [5, 5.41) is 3.76. The highest BCUT2D eigenvalue weighted by Gasteiger charge is 2.11. The Labute approximate surface area is 95.4 Å². The number of rotatable bonds is 4. The Kier molecular flexibility index (Phi) is 3.89. The summed E-state index contributed by atoms with van der Waals surface area (Å²) in [6, 6.07) is 5.94. The summed E-state index contributed by atoms with van der Waals surface area (Å²) < 4.78 is 23.4. The van der Waals surface area contributed by atoms with Crippen molar-refractivity contribution in [3.8, 4) is 0 Å². The number of nitrogen functional groups attached to an aromatic ring is 1. The molecule has 5 nitrogen and oxygen atoms in total. The summed E-state index contributed by atoms with van der Waals surface area (Å²) in [5.41, 5.74) is 6.71. The number of nitrogens with one attached hydrogen (secondary N) is 1. The van der Waals surface area contributed by atoms with Crippen LogP contribution >= 0.6 is 0 Å². The maximum Gasteiger partial charge on any atom is 0.276 e. The molecule has 0 spiro atoms. The van der Waals surface area contributed by atoms with Gasteiger partial charge in [0.05, 0.1) is 4.90 Å². The van der Waals surface area contributed by atoms with Crippen molar-refractivity contribution < 1.29 is 8.42 Å². The zero-order valence-corrected chi connectivity index (χ0v) is 10.1. The van der Waals surface area contributed by atoms with Crippen molar-refractivity contribution in [3.05, 3.63) is 24.3 Å². The van der Waals surface area contributed by atoms with E-state index in [9.17, 15) is 8.42 Å². The molecule has 1 rings (SSSR count). The number of sulfonamides is 1. The lowest BCUT2D eigenvalue weighted by Gasteiger charge is -2.04. The van der Waals surface area contributed by atoms with Gasteiger partial charge in [-0.3, -0.25) is 0 Å². The van der Waals surface area contributed by atoms with E-state index in [4.69, 9.17) is 5.73 Å². The summed E-state index contributed by atoms with van der Waals surface area (Å²) in [6.45, 7) is 3.65. The van der Waals surface area contributed by atoms with E-state index < -0.39 is 10.0 Å². The van der Waals surface area contributed by atoms with Crippen LogP contribution < -0.4 is 10.6 Å². The average molecular weight is 241 g/mol. The number of hydrogen-bond acceptors (Lipinski definition) is 4. The molecule has 0 aromatic heterocycles. The number of hydrogen-bond donors (Lipinski definition) is 2. The van der Waals surface area contributed by atoms with Gasteiger partial charge in [0.15, 0.2) is 0 Å². The largest absolute Gasteiger partial charge is 0.399 e. The molecule has 1 aromatic rings. The van der Waals surface area contributed by atoms with Crippen LogP contribution in [-0.2, 0) is 10.0 Å². The normalized spacial score (nSPS) is 12.5. The molecule has 16 heavy (non-hydrogen) atoms. The van der Waals surface area contributed by atoms with E-state index in [0.29, 0.717) is 12.1 Å². The zero-order valence-electron chi connectivity index (χ0n) is 9.27. The molecule has 88 valence electrons. The van der Waals surface area contributed by atoms with Crippen molar-refractivity contribution in [2.45, 2.75) is 25.2 Å². The van der Waals surface area contributed by atoms with Crippen LogP contribution in [0.25, 0.3) is 0 Å². The van der Waals surface area contributed by atoms with Gasteiger partial charge in [-0.15, -0.1) is 0 Å². The number of nitrogens with two attached hydrogens (primary N) is 1. The minimum Gasteiger partial charge on any atom is -0.399 e. The molecule has 0 saturated carbocycles. The van der Waals surface area contributed by atoms with Crippen LogP contribution in [0.5, 0.6) is 0 Å². The minimum atomic E-state index is -3.58. The smallest absolute Gasteiger partial charge is 0.276 e. The molecule has 0 fully saturated rings. The number of anilines is 1. The SMILES string of the molecule is CC/C(C)=N/NS(=O)(=O)c1ccc(N)cc1. The molecule has 0 saturated heterocycles. The van der Waals surface area contributed by atoms with E-state index in [0.717, 1.165) is 5.71 Å². The maximum absolute atomic E-state index is 11.7. The first kappa shape index (κ1) is 12.5. The van der Waals surface area contributed by atoms with Gasteiger partial charge in [0.2, 0.25) is 0 Å². The zero-order chi connectivity index (χ0) is 12.2. The van der Waals surface area contributed by atoms with Crippen LogP contribution in [0.3, 0.4) is 0 Å². The molecule has 0 atom stereocenters.